The van der Waals surface area contributed by atoms with Crippen molar-refractivity contribution in [3.63, 3.8) is 0 Å². The van der Waals surface area contributed by atoms with Crippen LogP contribution in [0.1, 0.15) is 35.7 Å². The monoisotopic (exact) mass is 301 g/mol. The largest absolute Gasteiger partial charge is 0.298 e. The van der Waals surface area contributed by atoms with Crippen molar-refractivity contribution >= 4 is 23.7 Å². The van der Waals surface area contributed by atoms with Crippen molar-refractivity contribution in [2.45, 2.75) is 29.6 Å². The Balaban J connectivity index is 2.26. The van der Waals surface area contributed by atoms with Crippen LogP contribution in [0.25, 0.3) is 0 Å². The summed E-state index contributed by atoms with van der Waals surface area (Å²) in [6, 6.07) is 12.4. The first-order valence-electron chi connectivity index (χ1n) is 6.52. The van der Waals surface area contributed by atoms with Crippen LogP contribution in [0.15, 0.2) is 52.3 Å². The Morgan fingerprint density at radius 3 is 2.33 bits per heavy atom. The number of hydrogen-bond donors (Lipinski definition) is 0. The minimum absolute atomic E-state index is 0.0726. The topological polar surface area (TPSA) is 60.2 Å². The molecular formula is C16H15NO3S. The highest BCUT2D eigenvalue weighted by atomic mass is 32.2. The molecule has 0 aromatic heterocycles. The van der Waals surface area contributed by atoms with Gasteiger partial charge in [0.15, 0.2) is 6.29 Å². The van der Waals surface area contributed by atoms with Gasteiger partial charge in [0.1, 0.15) is 0 Å². The van der Waals surface area contributed by atoms with Gasteiger partial charge in [-0.1, -0.05) is 37.7 Å². The van der Waals surface area contributed by atoms with Gasteiger partial charge in [0, 0.05) is 27.5 Å². The fourth-order valence-corrected chi connectivity index (χ4v) is 2.77. The summed E-state index contributed by atoms with van der Waals surface area (Å²) in [5.74, 6) is 0.467. The van der Waals surface area contributed by atoms with E-state index in [1.165, 1.54) is 29.5 Å². The first kappa shape index (κ1) is 15.3. The van der Waals surface area contributed by atoms with E-state index in [1.54, 1.807) is 6.07 Å². The molecule has 0 spiro atoms. The molecule has 0 aliphatic heterocycles. The molecule has 4 nitrogen and oxygen atoms in total. The van der Waals surface area contributed by atoms with Crippen molar-refractivity contribution in [3.8, 4) is 0 Å². The van der Waals surface area contributed by atoms with Crippen LogP contribution in [0, 0.1) is 10.1 Å². The summed E-state index contributed by atoms with van der Waals surface area (Å²) in [6.07, 6.45) is 0.651. The molecule has 0 unspecified atom stereocenters. The molecule has 108 valence electrons. The second-order valence-electron chi connectivity index (χ2n) is 4.92. The standard InChI is InChI=1S/C16H15NO3S/c1-11(2)12-3-6-15(7-4-12)21-16-8-5-14(17(19)20)9-13(16)10-18/h3-11H,1-2H3. The summed E-state index contributed by atoms with van der Waals surface area (Å²) in [6.45, 7) is 4.26. The van der Waals surface area contributed by atoms with Crippen molar-refractivity contribution in [2.75, 3.05) is 0 Å². The lowest BCUT2D eigenvalue weighted by Gasteiger charge is -2.08. The van der Waals surface area contributed by atoms with E-state index in [0.717, 1.165) is 4.90 Å². The van der Waals surface area contributed by atoms with Crippen molar-refractivity contribution in [1.29, 1.82) is 0 Å². The van der Waals surface area contributed by atoms with Gasteiger partial charge in [-0.15, -0.1) is 0 Å². The van der Waals surface area contributed by atoms with Crippen molar-refractivity contribution < 1.29 is 9.72 Å². The maximum Gasteiger partial charge on any atom is 0.270 e. The predicted molar refractivity (Wildman–Crippen MR) is 83.1 cm³/mol. The number of carbonyl (C=O) groups is 1. The van der Waals surface area contributed by atoms with Crippen molar-refractivity contribution in [2.24, 2.45) is 0 Å². The fraction of sp³-hybridized carbons (Fsp3) is 0.188. The number of rotatable bonds is 5. The van der Waals surface area contributed by atoms with Gasteiger partial charge in [-0.05, 0) is 29.7 Å². The molecule has 5 heteroatoms. The van der Waals surface area contributed by atoms with E-state index in [2.05, 4.69) is 26.0 Å². The van der Waals surface area contributed by atoms with Crippen LogP contribution < -0.4 is 0 Å². The van der Waals surface area contributed by atoms with Crippen LogP contribution in [0.5, 0.6) is 0 Å². The van der Waals surface area contributed by atoms with Crippen molar-refractivity contribution in [3.05, 3.63) is 63.7 Å². The number of non-ortho nitro benzene ring substituents is 1. The molecule has 0 aliphatic rings. The van der Waals surface area contributed by atoms with Crippen LogP contribution in [-0.4, -0.2) is 11.2 Å². The minimum Gasteiger partial charge on any atom is -0.298 e. The molecule has 2 aromatic rings. The van der Waals surface area contributed by atoms with Crippen LogP contribution >= 0.6 is 11.8 Å². The lowest BCUT2D eigenvalue weighted by atomic mass is 10.0. The summed E-state index contributed by atoms with van der Waals surface area (Å²) in [7, 11) is 0. The van der Waals surface area contributed by atoms with Gasteiger partial charge in [-0.3, -0.25) is 14.9 Å². The normalized spacial score (nSPS) is 10.6. The average molecular weight is 301 g/mol. The zero-order valence-electron chi connectivity index (χ0n) is 11.8. The zero-order chi connectivity index (χ0) is 15.4. The molecular weight excluding hydrogens is 286 g/mol. The molecule has 0 N–H and O–H groups in total. The number of nitrogens with zero attached hydrogens (tertiary/aromatic N) is 1. The first-order valence-corrected chi connectivity index (χ1v) is 7.34. The quantitative estimate of drug-likeness (QED) is 0.457. The van der Waals surface area contributed by atoms with Crippen LogP contribution in [0.2, 0.25) is 0 Å². The smallest absolute Gasteiger partial charge is 0.270 e. The molecule has 0 radical (unpaired) electrons. The minimum atomic E-state index is -0.501. The van der Waals surface area contributed by atoms with E-state index in [9.17, 15) is 14.9 Å². The number of aldehydes is 1. The number of carbonyl (C=O) groups excluding carboxylic acids is 1. The molecule has 0 aliphatic carbocycles. The molecule has 0 saturated heterocycles. The average Bonchev–Trinajstić information content (AvgIpc) is 2.48. The van der Waals surface area contributed by atoms with Gasteiger partial charge >= 0.3 is 0 Å². The lowest BCUT2D eigenvalue weighted by molar-refractivity contribution is -0.384. The highest BCUT2D eigenvalue weighted by Gasteiger charge is 2.11. The number of benzene rings is 2. The molecule has 2 aromatic carbocycles. The van der Waals surface area contributed by atoms with Crippen molar-refractivity contribution in [1.82, 2.24) is 0 Å². The van der Waals surface area contributed by atoms with Gasteiger partial charge in [-0.25, -0.2) is 0 Å². The molecule has 0 atom stereocenters. The molecule has 0 heterocycles. The SMILES string of the molecule is CC(C)c1ccc(Sc2ccc([N+](=O)[O-])cc2C=O)cc1. The third kappa shape index (κ3) is 3.70. The highest BCUT2D eigenvalue weighted by Crippen LogP contribution is 2.32. The van der Waals surface area contributed by atoms with Crippen LogP contribution in [0.4, 0.5) is 5.69 Å². The Hall–Kier alpha value is -2.14. The Bertz CT molecular complexity index is 666. The number of hydrogen-bond acceptors (Lipinski definition) is 4. The van der Waals surface area contributed by atoms with E-state index in [4.69, 9.17) is 0 Å². The molecule has 21 heavy (non-hydrogen) atoms. The second kappa shape index (κ2) is 6.54. The van der Waals surface area contributed by atoms with E-state index < -0.39 is 4.92 Å². The molecule has 0 bridgehead atoms. The third-order valence-electron chi connectivity index (χ3n) is 3.11. The van der Waals surface area contributed by atoms with Crippen LogP contribution in [0.3, 0.4) is 0 Å². The molecule has 2 rings (SSSR count). The van der Waals surface area contributed by atoms with E-state index in [0.29, 0.717) is 22.7 Å². The maximum atomic E-state index is 11.1. The fourth-order valence-electron chi connectivity index (χ4n) is 1.88. The van der Waals surface area contributed by atoms with Crippen LogP contribution in [-0.2, 0) is 0 Å². The third-order valence-corrected chi connectivity index (χ3v) is 4.21. The van der Waals surface area contributed by atoms with Gasteiger partial charge in [0.05, 0.1) is 4.92 Å². The summed E-state index contributed by atoms with van der Waals surface area (Å²) in [5.41, 5.74) is 1.51. The van der Waals surface area contributed by atoms with E-state index >= 15 is 0 Å². The lowest BCUT2D eigenvalue weighted by Crippen LogP contribution is -1.92. The van der Waals surface area contributed by atoms with Gasteiger partial charge in [0.25, 0.3) is 5.69 Å². The summed E-state index contributed by atoms with van der Waals surface area (Å²) in [5, 5.41) is 10.7. The summed E-state index contributed by atoms with van der Waals surface area (Å²) < 4.78 is 0. The molecule has 0 fully saturated rings. The predicted octanol–water partition coefficient (Wildman–Crippen LogP) is 4.68. The van der Waals surface area contributed by atoms with Gasteiger partial charge in [0.2, 0.25) is 0 Å². The summed E-state index contributed by atoms with van der Waals surface area (Å²) >= 11 is 1.43. The van der Waals surface area contributed by atoms with E-state index in [1.807, 2.05) is 12.1 Å². The van der Waals surface area contributed by atoms with E-state index in [-0.39, 0.29) is 5.69 Å². The first-order chi connectivity index (χ1) is 10.0. The Morgan fingerprint density at radius 1 is 1.14 bits per heavy atom. The Kier molecular flexibility index (Phi) is 4.75. The molecule has 0 saturated carbocycles. The highest BCUT2D eigenvalue weighted by molar-refractivity contribution is 7.99. The molecule has 0 amide bonds. The zero-order valence-corrected chi connectivity index (χ0v) is 12.6. The van der Waals surface area contributed by atoms with Gasteiger partial charge in [-0.2, -0.15) is 0 Å². The number of nitro groups is 1. The van der Waals surface area contributed by atoms with Gasteiger partial charge < -0.3 is 0 Å². The second-order valence-corrected chi connectivity index (χ2v) is 6.04. The Morgan fingerprint density at radius 2 is 1.81 bits per heavy atom. The summed E-state index contributed by atoms with van der Waals surface area (Å²) in [4.78, 5) is 23.0. The Labute approximate surface area is 127 Å². The maximum absolute atomic E-state index is 11.1. The number of nitro benzene ring substituents is 1.